The molecule has 0 unspecified atom stereocenters. The van der Waals surface area contributed by atoms with E-state index in [9.17, 15) is 9.90 Å². The summed E-state index contributed by atoms with van der Waals surface area (Å²) in [6.07, 6.45) is 6.55. The molecule has 0 fully saturated rings. The fraction of sp³-hybridized carbons (Fsp3) is 0.333. The van der Waals surface area contributed by atoms with Crippen LogP contribution in [-0.2, 0) is 24.2 Å². The summed E-state index contributed by atoms with van der Waals surface area (Å²) in [7, 11) is 0. The maximum atomic E-state index is 12.4. The molecule has 0 saturated carbocycles. The summed E-state index contributed by atoms with van der Waals surface area (Å²) in [6.45, 7) is 2.96. The van der Waals surface area contributed by atoms with Crippen molar-refractivity contribution >= 4 is 23.0 Å². The number of carbonyl (C=O) groups excluding carboxylic acids is 1. The van der Waals surface area contributed by atoms with Gasteiger partial charge >= 0.3 is 0 Å². The minimum Gasteiger partial charge on any atom is -0.504 e. The van der Waals surface area contributed by atoms with E-state index < -0.39 is 0 Å². The van der Waals surface area contributed by atoms with Crippen LogP contribution in [0.4, 0.5) is 0 Å². The van der Waals surface area contributed by atoms with Gasteiger partial charge in [-0.1, -0.05) is 18.2 Å². The number of hydrazone groups is 1. The summed E-state index contributed by atoms with van der Waals surface area (Å²) in [4.78, 5) is 12.4. The van der Waals surface area contributed by atoms with Crippen LogP contribution < -0.4 is 10.2 Å². The van der Waals surface area contributed by atoms with Gasteiger partial charge in [0.05, 0.1) is 12.8 Å². The predicted molar refractivity (Wildman–Crippen MR) is 118 cm³/mol. The SMILES string of the molecule is CCOc1cc(/C=N\NC(=O)CCn2c3c(c4ccccc42)CCCC3)ccc1O. The summed E-state index contributed by atoms with van der Waals surface area (Å²) < 4.78 is 7.67. The maximum absolute atomic E-state index is 12.4. The summed E-state index contributed by atoms with van der Waals surface area (Å²) >= 11 is 0. The van der Waals surface area contributed by atoms with Gasteiger partial charge in [0, 0.05) is 29.6 Å². The highest BCUT2D eigenvalue weighted by molar-refractivity contribution is 5.86. The number of aromatic hydroxyl groups is 1. The number of amides is 1. The normalized spacial score (nSPS) is 13.5. The third-order valence-corrected chi connectivity index (χ3v) is 5.53. The summed E-state index contributed by atoms with van der Waals surface area (Å²) in [5.74, 6) is 0.356. The monoisotopic (exact) mass is 405 g/mol. The molecule has 30 heavy (non-hydrogen) atoms. The van der Waals surface area contributed by atoms with Crippen LogP contribution in [0.1, 0.15) is 43.0 Å². The zero-order valence-corrected chi connectivity index (χ0v) is 17.2. The van der Waals surface area contributed by atoms with Crippen LogP contribution in [0.3, 0.4) is 0 Å². The first-order valence-corrected chi connectivity index (χ1v) is 10.5. The number of carbonyl (C=O) groups is 1. The molecule has 1 amide bonds. The molecular formula is C24H27N3O3. The Bertz CT molecular complexity index is 1080. The van der Waals surface area contributed by atoms with Crippen LogP contribution in [0, 0.1) is 0 Å². The van der Waals surface area contributed by atoms with Crippen molar-refractivity contribution in [2.75, 3.05) is 6.61 Å². The first kappa shape index (κ1) is 20.0. The summed E-state index contributed by atoms with van der Waals surface area (Å²) in [5.41, 5.74) is 7.39. The highest BCUT2D eigenvalue weighted by Gasteiger charge is 2.19. The van der Waals surface area contributed by atoms with Crippen molar-refractivity contribution in [3.8, 4) is 11.5 Å². The third kappa shape index (κ3) is 4.17. The lowest BCUT2D eigenvalue weighted by Crippen LogP contribution is -2.20. The third-order valence-electron chi connectivity index (χ3n) is 5.53. The average molecular weight is 405 g/mol. The fourth-order valence-electron chi connectivity index (χ4n) is 4.17. The van der Waals surface area contributed by atoms with Gasteiger partial charge in [-0.2, -0.15) is 5.10 Å². The van der Waals surface area contributed by atoms with E-state index in [0.29, 0.717) is 25.3 Å². The molecule has 0 spiro atoms. The highest BCUT2D eigenvalue weighted by atomic mass is 16.5. The molecule has 2 aromatic carbocycles. The maximum Gasteiger partial charge on any atom is 0.241 e. The quantitative estimate of drug-likeness (QED) is 0.458. The number of rotatable bonds is 7. The van der Waals surface area contributed by atoms with E-state index in [0.717, 1.165) is 18.4 Å². The Kier molecular flexibility index (Phi) is 6.02. The first-order valence-electron chi connectivity index (χ1n) is 10.5. The molecule has 6 nitrogen and oxygen atoms in total. The molecule has 0 bridgehead atoms. The van der Waals surface area contributed by atoms with Gasteiger partial charge in [0.25, 0.3) is 0 Å². The van der Waals surface area contributed by atoms with E-state index >= 15 is 0 Å². The zero-order valence-electron chi connectivity index (χ0n) is 17.2. The number of aryl methyl sites for hydroxylation is 2. The molecule has 0 radical (unpaired) electrons. The molecule has 4 rings (SSSR count). The molecule has 0 atom stereocenters. The Morgan fingerprint density at radius 2 is 2.07 bits per heavy atom. The predicted octanol–water partition coefficient (Wildman–Crippen LogP) is 4.16. The first-order chi connectivity index (χ1) is 14.7. The topological polar surface area (TPSA) is 75.8 Å². The van der Waals surface area contributed by atoms with Crippen LogP contribution in [0.15, 0.2) is 47.6 Å². The molecule has 0 saturated heterocycles. The number of benzene rings is 2. The largest absolute Gasteiger partial charge is 0.504 e. The highest BCUT2D eigenvalue weighted by Crippen LogP contribution is 2.32. The molecule has 6 heteroatoms. The van der Waals surface area contributed by atoms with Gasteiger partial charge in [-0.25, -0.2) is 5.43 Å². The van der Waals surface area contributed by atoms with Crippen LogP contribution >= 0.6 is 0 Å². The van der Waals surface area contributed by atoms with Crippen molar-refractivity contribution in [3.63, 3.8) is 0 Å². The van der Waals surface area contributed by atoms with Gasteiger partial charge in [0.2, 0.25) is 5.91 Å². The number of aromatic nitrogens is 1. The molecule has 2 N–H and O–H groups in total. The molecule has 156 valence electrons. The van der Waals surface area contributed by atoms with E-state index in [1.807, 2.05) is 6.92 Å². The molecule has 1 heterocycles. The number of nitrogens with zero attached hydrogens (tertiary/aromatic N) is 2. The molecule has 0 aliphatic heterocycles. The van der Waals surface area contributed by atoms with E-state index in [2.05, 4.69) is 39.4 Å². The zero-order chi connectivity index (χ0) is 20.9. The Morgan fingerprint density at radius 3 is 2.93 bits per heavy atom. The number of phenolic OH excluding ortho intramolecular Hbond substituents is 1. The number of phenols is 1. The van der Waals surface area contributed by atoms with E-state index in [1.165, 1.54) is 35.0 Å². The van der Waals surface area contributed by atoms with Crippen LogP contribution in [0.2, 0.25) is 0 Å². The van der Waals surface area contributed by atoms with Gasteiger partial charge < -0.3 is 14.4 Å². The second kappa shape index (κ2) is 9.03. The molecular weight excluding hydrogens is 378 g/mol. The van der Waals surface area contributed by atoms with E-state index in [1.54, 1.807) is 24.4 Å². The lowest BCUT2D eigenvalue weighted by molar-refractivity contribution is -0.121. The Hall–Kier alpha value is -3.28. The lowest BCUT2D eigenvalue weighted by Gasteiger charge is -2.15. The fourth-order valence-corrected chi connectivity index (χ4v) is 4.17. The van der Waals surface area contributed by atoms with Gasteiger partial charge in [-0.3, -0.25) is 4.79 Å². The number of para-hydroxylation sites is 1. The standard InChI is InChI=1S/C24H27N3O3/c1-2-30-23-15-17(11-12-22(23)28)16-25-26-24(29)13-14-27-20-9-5-3-7-18(20)19-8-4-6-10-21(19)27/h3,5,7,9,11-12,15-16,28H,2,4,6,8,10,13-14H2,1H3,(H,26,29)/b25-16-. The Morgan fingerprint density at radius 1 is 1.23 bits per heavy atom. The number of hydrogen-bond acceptors (Lipinski definition) is 4. The summed E-state index contributed by atoms with van der Waals surface area (Å²) in [5, 5.41) is 15.1. The van der Waals surface area contributed by atoms with Crippen LogP contribution in [0.25, 0.3) is 10.9 Å². The van der Waals surface area contributed by atoms with E-state index in [-0.39, 0.29) is 11.7 Å². The number of hydrogen-bond donors (Lipinski definition) is 2. The van der Waals surface area contributed by atoms with Crippen LogP contribution in [-0.4, -0.2) is 28.4 Å². The second-order valence-corrected chi connectivity index (χ2v) is 7.50. The molecule has 3 aromatic rings. The van der Waals surface area contributed by atoms with Crippen LogP contribution in [0.5, 0.6) is 11.5 Å². The van der Waals surface area contributed by atoms with Gasteiger partial charge in [0.15, 0.2) is 11.5 Å². The number of ether oxygens (including phenoxy) is 1. The minimum atomic E-state index is -0.127. The van der Waals surface area contributed by atoms with Crippen molar-refractivity contribution in [2.45, 2.75) is 45.6 Å². The molecule has 1 aromatic heterocycles. The molecule has 1 aliphatic rings. The number of nitrogens with one attached hydrogen (secondary N) is 1. The Balaban J connectivity index is 1.40. The lowest BCUT2D eigenvalue weighted by atomic mass is 9.95. The smallest absolute Gasteiger partial charge is 0.241 e. The van der Waals surface area contributed by atoms with E-state index in [4.69, 9.17) is 4.74 Å². The second-order valence-electron chi connectivity index (χ2n) is 7.50. The van der Waals surface area contributed by atoms with Gasteiger partial charge in [-0.05, 0) is 68.0 Å². The average Bonchev–Trinajstić information content (AvgIpc) is 3.08. The van der Waals surface area contributed by atoms with Crippen molar-refractivity contribution in [1.82, 2.24) is 9.99 Å². The summed E-state index contributed by atoms with van der Waals surface area (Å²) in [6, 6.07) is 13.4. The van der Waals surface area contributed by atoms with Gasteiger partial charge in [0.1, 0.15) is 0 Å². The Labute approximate surface area is 176 Å². The van der Waals surface area contributed by atoms with Crippen molar-refractivity contribution in [3.05, 3.63) is 59.3 Å². The minimum absolute atomic E-state index is 0.0836. The van der Waals surface area contributed by atoms with Crippen molar-refractivity contribution in [2.24, 2.45) is 5.10 Å². The van der Waals surface area contributed by atoms with Crippen molar-refractivity contribution in [1.29, 1.82) is 0 Å². The molecule has 1 aliphatic carbocycles. The van der Waals surface area contributed by atoms with Crippen molar-refractivity contribution < 1.29 is 14.6 Å². The number of fused-ring (bicyclic) bond motifs is 3. The van der Waals surface area contributed by atoms with Gasteiger partial charge in [-0.15, -0.1) is 0 Å².